The normalized spacial score (nSPS) is 16.2. The van der Waals surface area contributed by atoms with Gasteiger partial charge in [-0.3, -0.25) is 19.8 Å². The average molecular weight is 380 g/mol. The summed E-state index contributed by atoms with van der Waals surface area (Å²) in [5, 5.41) is 13.7. The first kappa shape index (κ1) is 18.4. The van der Waals surface area contributed by atoms with Crippen LogP contribution < -0.4 is 5.32 Å². The number of amides is 1. The number of carbonyl (C=O) groups is 1. The molecule has 0 bridgehead atoms. The lowest BCUT2D eigenvalue weighted by molar-refractivity contribution is -0.384. The largest absolute Gasteiger partial charge is 0.468 e. The van der Waals surface area contributed by atoms with Gasteiger partial charge in [0.2, 0.25) is 0 Å². The molecule has 1 saturated heterocycles. The van der Waals surface area contributed by atoms with Gasteiger partial charge in [-0.15, -0.1) is 0 Å². The van der Waals surface area contributed by atoms with Crippen LogP contribution in [0.4, 0.5) is 5.69 Å². The fraction of sp³-hybridized carbons (Fsp3) is 0.353. The van der Waals surface area contributed by atoms with E-state index in [1.54, 1.807) is 12.3 Å². The summed E-state index contributed by atoms with van der Waals surface area (Å²) in [7, 11) is 0. The maximum atomic E-state index is 12.5. The highest BCUT2D eigenvalue weighted by molar-refractivity contribution is 6.34. The number of non-ortho nitro benzene ring substituents is 1. The lowest BCUT2D eigenvalue weighted by atomic mass is 10.1. The van der Waals surface area contributed by atoms with Gasteiger partial charge in [0, 0.05) is 31.8 Å². The third kappa shape index (κ3) is 4.21. The minimum absolute atomic E-state index is 0.0395. The SMILES string of the molecule is O=C(NCC(c1ccco1)N1CCOCC1)c1ccc([N+](=O)[O-])cc1Cl. The Hall–Kier alpha value is -2.42. The molecule has 0 spiro atoms. The van der Waals surface area contributed by atoms with Gasteiger partial charge in [0.05, 0.1) is 41.0 Å². The van der Waals surface area contributed by atoms with E-state index in [-0.39, 0.29) is 22.3 Å². The molecular formula is C17H18ClN3O5. The molecule has 1 aromatic carbocycles. The van der Waals surface area contributed by atoms with E-state index in [4.69, 9.17) is 20.8 Å². The summed E-state index contributed by atoms with van der Waals surface area (Å²) in [4.78, 5) is 24.9. The first-order valence-corrected chi connectivity index (χ1v) is 8.51. The second-order valence-corrected chi connectivity index (χ2v) is 6.22. The number of ether oxygens (including phenoxy) is 1. The van der Waals surface area contributed by atoms with Crippen molar-refractivity contribution in [2.24, 2.45) is 0 Å². The van der Waals surface area contributed by atoms with Crippen molar-refractivity contribution in [2.45, 2.75) is 6.04 Å². The number of morpholine rings is 1. The molecule has 3 rings (SSSR count). The Morgan fingerprint density at radius 3 is 2.73 bits per heavy atom. The van der Waals surface area contributed by atoms with Gasteiger partial charge in [-0.25, -0.2) is 0 Å². The lowest BCUT2D eigenvalue weighted by Gasteiger charge is -2.33. The van der Waals surface area contributed by atoms with E-state index in [0.717, 1.165) is 18.8 Å². The van der Waals surface area contributed by atoms with Crippen LogP contribution >= 0.6 is 11.6 Å². The van der Waals surface area contributed by atoms with Crippen molar-refractivity contribution < 1.29 is 18.9 Å². The topological polar surface area (TPSA) is 97.9 Å². The Morgan fingerprint density at radius 1 is 1.35 bits per heavy atom. The standard InChI is InChI=1S/C17H18ClN3O5/c18-14-10-12(21(23)24)3-4-13(14)17(22)19-11-15(16-2-1-7-26-16)20-5-8-25-9-6-20/h1-4,7,10,15H,5-6,8-9,11H2,(H,19,22). The van der Waals surface area contributed by atoms with Crippen LogP contribution in [-0.4, -0.2) is 48.6 Å². The van der Waals surface area contributed by atoms with Crippen molar-refractivity contribution in [3.05, 3.63) is 63.1 Å². The first-order chi connectivity index (χ1) is 12.6. The van der Waals surface area contributed by atoms with E-state index in [2.05, 4.69) is 10.2 Å². The number of nitro benzene ring substituents is 1. The number of furan rings is 1. The molecular weight excluding hydrogens is 362 g/mol. The van der Waals surface area contributed by atoms with Crippen LogP contribution in [0, 0.1) is 10.1 Å². The van der Waals surface area contributed by atoms with Crippen LogP contribution in [0.1, 0.15) is 22.2 Å². The molecule has 8 nitrogen and oxygen atoms in total. The summed E-state index contributed by atoms with van der Waals surface area (Å²) in [5.74, 6) is 0.358. The van der Waals surface area contributed by atoms with Crippen molar-refractivity contribution in [1.82, 2.24) is 10.2 Å². The Balaban J connectivity index is 1.70. The maximum Gasteiger partial charge on any atom is 0.270 e. The highest BCUT2D eigenvalue weighted by Crippen LogP contribution is 2.24. The fourth-order valence-electron chi connectivity index (χ4n) is 2.87. The minimum Gasteiger partial charge on any atom is -0.468 e. The van der Waals surface area contributed by atoms with Crippen molar-refractivity contribution in [3.8, 4) is 0 Å². The Labute approximate surface area is 154 Å². The van der Waals surface area contributed by atoms with Crippen LogP contribution in [0.15, 0.2) is 41.0 Å². The van der Waals surface area contributed by atoms with Gasteiger partial charge in [-0.1, -0.05) is 11.6 Å². The molecule has 0 saturated carbocycles. The Bertz CT molecular complexity index is 775. The third-order valence-electron chi connectivity index (χ3n) is 4.22. The van der Waals surface area contributed by atoms with Gasteiger partial charge < -0.3 is 14.5 Å². The lowest BCUT2D eigenvalue weighted by Crippen LogP contribution is -2.43. The molecule has 0 aliphatic carbocycles. The second-order valence-electron chi connectivity index (χ2n) is 5.81. The summed E-state index contributed by atoms with van der Waals surface area (Å²) in [5.41, 5.74) is 0.0331. The minimum atomic E-state index is -0.557. The van der Waals surface area contributed by atoms with Crippen molar-refractivity contribution in [2.75, 3.05) is 32.8 Å². The van der Waals surface area contributed by atoms with Gasteiger partial charge in [-0.05, 0) is 18.2 Å². The van der Waals surface area contributed by atoms with E-state index in [1.165, 1.54) is 18.2 Å². The number of nitrogens with one attached hydrogen (secondary N) is 1. The zero-order valence-electron chi connectivity index (χ0n) is 13.9. The average Bonchev–Trinajstić information content (AvgIpc) is 3.17. The highest BCUT2D eigenvalue weighted by Gasteiger charge is 2.26. The molecule has 1 fully saturated rings. The van der Waals surface area contributed by atoms with Gasteiger partial charge in [0.15, 0.2) is 0 Å². The number of rotatable bonds is 6. The van der Waals surface area contributed by atoms with Gasteiger partial charge in [0.25, 0.3) is 11.6 Å². The molecule has 2 heterocycles. The van der Waals surface area contributed by atoms with E-state index in [9.17, 15) is 14.9 Å². The summed E-state index contributed by atoms with van der Waals surface area (Å²) >= 11 is 6.02. The molecule has 26 heavy (non-hydrogen) atoms. The molecule has 1 amide bonds. The van der Waals surface area contributed by atoms with Crippen molar-refractivity contribution >= 4 is 23.2 Å². The summed E-state index contributed by atoms with van der Waals surface area (Å²) < 4.78 is 10.9. The smallest absolute Gasteiger partial charge is 0.270 e. The zero-order valence-corrected chi connectivity index (χ0v) is 14.6. The quantitative estimate of drug-likeness (QED) is 0.612. The third-order valence-corrected chi connectivity index (χ3v) is 4.53. The van der Waals surface area contributed by atoms with Gasteiger partial charge >= 0.3 is 0 Å². The van der Waals surface area contributed by atoms with Gasteiger partial charge in [-0.2, -0.15) is 0 Å². The number of benzene rings is 1. The fourth-order valence-corrected chi connectivity index (χ4v) is 3.13. The molecule has 1 unspecified atom stereocenters. The Morgan fingerprint density at radius 2 is 2.12 bits per heavy atom. The predicted octanol–water partition coefficient (Wildman–Crippen LogP) is 2.64. The zero-order chi connectivity index (χ0) is 18.5. The Kier molecular flexibility index (Phi) is 5.87. The van der Waals surface area contributed by atoms with Crippen LogP contribution in [0.2, 0.25) is 5.02 Å². The molecule has 1 atom stereocenters. The molecule has 1 aromatic heterocycles. The van der Waals surface area contributed by atoms with Crippen LogP contribution in [0.25, 0.3) is 0 Å². The summed E-state index contributed by atoms with van der Waals surface area (Å²) in [6, 6.07) is 7.32. The number of hydrogen-bond acceptors (Lipinski definition) is 6. The van der Waals surface area contributed by atoms with E-state index in [0.29, 0.717) is 19.8 Å². The van der Waals surface area contributed by atoms with Crippen LogP contribution in [0.3, 0.4) is 0 Å². The molecule has 1 N–H and O–H groups in total. The van der Waals surface area contributed by atoms with Crippen LogP contribution in [-0.2, 0) is 4.74 Å². The molecule has 9 heteroatoms. The van der Waals surface area contributed by atoms with Crippen molar-refractivity contribution in [3.63, 3.8) is 0 Å². The second kappa shape index (κ2) is 8.31. The van der Waals surface area contributed by atoms with Gasteiger partial charge in [0.1, 0.15) is 5.76 Å². The summed E-state index contributed by atoms with van der Waals surface area (Å²) in [6.45, 7) is 3.04. The van der Waals surface area contributed by atoms with E-state index < -0.39 is 10.8 Å². The van der Waals surface area contributed by atoms with E-state index in [1.807, 2.05) is 6.07 Å². The monoisotopic (exact) mass is 379 g/mol. The first-order valence-electron chi connectivity index (χ1n) is 8.13. The number of halogens is 1. The number of nitrogens with zero attached hydrogens (tertiary/aromatic N) is 2. The number of hydrogen-bond donors (Lipinski definition) is 1. The molecule has 0 radical (unpaired) electrons. The molecule has 2 aromatic rings. The summed E-state index contributed by atoms with van der Waals surface area (Å²) in [6.07, 6.45) is 1.60. The molecule has 1 aliphatic heterocycles. The van der Waals surface area contributed by atoms with Crippen LogP contribution in [0.5, 0.6) is 0 Å². The highest BCUT2D eigenvalue weighted by atomic mass is 35.5. The molecule has 138 valence electrons. The number of nitro groups is 1. The van der Waals surface area contributed by atoms with E-state index >= 15 is 0 Å². The van der Waals surface area contributed by atoms with Crippen molar-refractivity contribution in [1.29, 1.82) is 0 Å². The predicted molar refractivity (Wildman–Crippen MR) is 94.3 cm³/mol. The molecule has 1 aliphatic rings. The maximum absolute atomic E-state index is 12.5. The number of carbonyl (C=O) groups excluding carboxylic acids is 1.